The van der Waals surface area contributed by atoms with Gasteiger partial charge in [-0.05, 0) is 0 Å². The number of piperazine rings is 1. The predicted octanol–water partition coefficient (Wildman–Crippen LogP) is 0.0753. The summed E-state index contributed by atoms with van der Waals surface area (Å²) in [5.41, 5.74) is 0. The summed E-state index contributed by atoms with van der Waals surface area (Å²) in [6.07, 6.45) is -5.81. The van der Waals surface area contributed by atoms with Crippen LogP contribution in [0.25, 0.3) is 0 Å². The molecule has 0 aliphatic carbocycles. The van der Waals surface area contributed by atoms with Gasteiger partial charge in [0.2, 0.25) is 5.91 Å². The molecule has 1 saturated heterocycles. The SMILES string of the molecule is O=C(CC(F)(F)F)N1CCN(CCO)CC1. The van der Waals surface area contributed by atoms with Crippen molar-refractivity contribution in [3.05, 3.63) is 0 Å². The lowest BCUT2D eigenvalue weighted by Gasteiger charge is -2.34. The number of aliphatic hydroxyl groups excluding tert-OH is 1. The maximum absolute atomic E-state index is 12.0. The smallest absolute Gasteiger partial charge is 0.395 e. The Balaban J connectivity index is 2.33. The van der Waals surface area contributed by atoms with Crippen LogP contribution in [0.3, 0.4) is 0 Å². The van der Waals surface area contributed by atoms with E-state index in [0.717, 1.165) is 0 Å². The number of hydrogen-bond donors (Lipinski definition) is 1. The highest BCUT2D eigenvalue weighted by atomic mass is 19.4. The quantitative estimate of drug-likeness (QED) is 0.759. The third-order valence-electron chi connectivity index (χ3n) is 2.49. The number of amides is 1. The Hall–Kier alpha value is -0.820. The predicted molar refractivity (Wildman–Crippen MR) is 50.8 cm³/mol. The van der Waals surface area contributed by atoms with Crippen LogP contribution >= 0.6 is 0 Å². The molecular formula is C9H15F3N2O2. The van der Waals surface area contributed by atoms with Gasteiger partial charge >= 0.3 is 6.18 Å². The molecule has 1 fully saturated rings. The first-order chi connectivity index (χ1) is 7.42. The largest absolute Gasteiger partial charge is 0.397 e. The fraction of sp³-hybridized carbons (Fsp3) is 0.889. The van der Waals surface area contributed by atoms with Crippen LogP contribution in [0.5, 0.6) is 0 Å². The van der Waals surface area contributed by atoms with E-state index >= 15 is 0 Å². The van der Waals surface area contributed by atoms with E-state index in [0.29, 0.717) is 32.7 Å². The number of carbonyl (C=O) groups excluding carboxylic acids is 1. The van der Waals surface area contributed by atoms with Gasteiger partial charge in [0.05, 0.1) is 6.61 Å². The minimum absolute atomic E-state index is 0.0243. The summed E-state index contributed by atoms with van der Waals surface area (Å²) in [6, 6.07) is 0. The molecule has 0 radical (unpaired) electrons. The van der Waals surface area contributed by atoms with Crippen molar-refractivity contribution in [2.75, 3.05) is 39.3 Å². The van der Waals surface area contributed by atoms with Crippen molar-refractivity contribution in [2.45, 2.75) is 12.6 Å². The molecule has 4 nitrogen and oxygen atoms in total. The van der Waals surface area contributed by atoms with Crippen molar-refractivity contribution in [1.82, 2.24) is 9.80 Å². The van der Waals surface area contributed by atoms with Crippen molar-refractivity contribution >= 4 is 5.91 Å². The van der Waals surface area contributed by atoms with Gasteiger partial charge in [0.15, 0.2) is 0 Å². The van der Waals surface area contributed by atoms with Crippen molar-refractivity contribution in [1.29, 1.82) is 0 Å². The minimum atomic E-state index is -4.43. The lowest BCUT2D eigenvalue weighted by atomic mass is 10.2. The number of rotatable bonds is 3. The molecular weight excluding hydrogens is 225 g/mol. The van der Waals surface area contributed by atoms with E-state index < -0.39 is 18.5 Å². The Labute approximate surface area is 91.6 Å². The van der Waals surface area contributed by atoms with Crippen LogP contribution in [0.1, 0.15) is 6.42 Å². The fourth-order valence-corrected chi connectivity index (χ4v) is 1.65. The van der Waals surface area contributed by atoms with Gasteiger partial charge in [-0.25, -0.2) is 0 Å². The van der Waals surface area contributed by atoms with Crippen LogP contribution in [0.4, 0.5) is 13.2 Å². The molecule has 0 aromatic rings. The van der Waals surface area contributed by atoms with Crippen LogP contribution in [0, 0.1) is 0 Å². The molecule has 0 atom stereocenters. The lowest BCUT2D eigenvalue weighted by molar-refractivity contribution is -0.162. The van der Waals surface area contributed by atoms with Crippen LogP contribution in [0.2, 0.25) is 0 Å². The van der Waals surface area contributed by atoms with E-state index in [1.807, 2.05) is 4.90 Å². The maximum atomic E-state index is 12.0. The number of nitrogens with zero attached hydrogens (tertiary/aromatic N) is 2. The zero-order valence-electron chi connectivity index (χ0n) is 8.83. The number of aliphatic hydroxyl groups is 1. The number of alkyl halides is 3. The molecule has 1 rings (SSSR count). The van der Waals surface area contributed by atoms with Crippen molar-refractivity contribution in [2.24, 2.45) is 0 Å². The summed E-state index contributed by atoms with van der Waals surface area (Å²) in [6.45, 7) is 2.16. The molecule has 1 N–H and O–H groups in total. The topological polar surface area (TPSA) is 43.8 Å². The second-order valence-electron chi connectivity index (χ2n) is 3.74. The van der Waals surface area contributed by atoms with Gasteiger partial charge in [-0.2, -0.15) is 13.2 Å². The first-order valence-corrected chi connectivity index (χ1v) is 5.10. The number of halogens is 3. The van der Waals surface area contributed by atoms with Crippen molar-refractivity contribution < 1.29 is 23.1 Å². The van der Waals surface area contributed by atoms with E-state index in [4.69, 9.17) is 5.11 Å². The molecule has 94 valence electrons. The zero-order chi connectivity index (χ0) is 12.2. The first kappa shape index (κ1) is 13.2. The fourth-order valence-electron chi connectivity index (χ4n) is 1.65. The normalized spacial score (nSPS) is 18.9. The van der Waals surface area contributed by atoms with E-state index in [9.17, 15) is 18.0 Å². The van der Waals surface area contributed by atoms with Gasteiger partial charge in [0, 0.05) is 32.7 Å². The van der Waals surface area contributed by atoms with Gasteiger partial charge in [-0.15, -0.1) is 0 Å². The van der Waals surface area contributed by atoms with Crippen LogP contribution in [0.15, 0.2) is 0 Å². The Bertz CT molecular complexity index is 237. The maximum Gasteiger partial charge on any atom is 0.397 e. The highest BCUT2D eigenvalue weighted by molar-refractivity contribution is 5.76. The highest BCUT2D eigenvalue weighted by Gasteiger charge is 2.34. The third-order valence-corrected chi connectivity index (χ3v) is 2.49. The average molecular weight is 240 g/mol. The summed E-state index contributed by atoms with van der Waals surface area (Å²) < 4.78 is 35.9. The van der Waals surface area contributed by atoms with Gasteiger partial charge in [0.1, 0.15) is 6.42 Å². The second kappa shape index (κ2) is 5.49. The van der Waals surface area contributed by atoms with E-state index in [1.54, 1.807) is 0 Å². The molecule has 7 heteroatoms. The Kier molecular flexibility index (Phi) is 4.55. The zero-order valence-corrected chi connectivity index (χ0v) is 8.83. The molecule has 0 aromatic carbocycles. The summed E-state index contributed by atoms with van der Waals surface area (Å²) in [5.74, 6) is -0.865. The summed E-state index contributed by atoms with van der Waals surface area (Å²) >= 11 is 0. The third kappa shape index (κ3) is 4.36. The van der Waals surface area contributed by atoms with Gasteiger partial charge in [-0.3, -0.25) is 9.69 Å². The Morgan fingerprint density at radius 1 is 1.19 bits per heavy atom. The minimum Gasteiger partial charge on any atom is -0.395 e. The summed E-state index contributed by atoms with van der Waals surface area (Å²) in [7, 11) is 0. The van der Waals surface area contributed by atoms with Crippen molar-refractivity contribution in [3.63, 3.8) is 0 Å². The van der Waals surface area contributed by atoms with E-state index in [1.165, 1.54) is 4.90 Å². The number of β-amino-alcohol motifs (C(OH)–C–C–N with tert-alkyl or cyclic N) is 1. The van der Waals surface area contributed by atoms with E-state index in [2.05, 4.69) is 0 Å². The van der Waals surface area contributed by atoms with Gasteiger partial charge in [0.25, 0.3) is 0 Å². The molecule has 1 amide bonds. The molecule has 16 heavy (non-hydrogen) atoms. The van der Waals surface area contributed by atoms with Crippen LogP contribution in [-0.2, 0) is 4.79 Å². The van der Waals surface area contributed by atoms with Crippen molar-refractivity contribution in [3.8, 4) is 0 Å². The molecule has 1 aliphatic heterocycles. The molecule has 0 spiro atoms. The first-order valence-electron chi connectivity index (χ1n) is 5.10. The molecule has 1 aliphatic rings. The molecule has 0 bridgehead atoms. The molecule has 1 heterocycles. The van der Waals surface area contributed by atoms with Gasteiger partial charge in [-0.1, -0.05) is 0 Å². The Morgan fingerprint density at radius 2 is 1.75 bits per heavy atom. The van der Waals surface area contributed by atoms with E-state index in [-0.39, 0.29) is 6.61 Å². The number of hydrogen-bond acceptors (Lipinski definition) is 3. The molecule has 0 aromatic heterocycles. The average Bonchev–Trinajstić information content (AvgIpc) is 2.16. The standard InChI is InChI=1S/C9H15F3N2O2/c10-9(11,12)7-8(16)14-3-1-13(2-4-14)5-6-15/h15H,1-7H2. The van der Waals surface area contributed by atoms with Crippen LogP contribution < -0.4 is 0 Å². The monoisotopic (exact) mass is 240 g/mol. The highest BCUT2D eigenvalue weighted by Crippen LogP contribution is 2.21. The molecule has 0 unspecified atom stereocenters. The lowest BCUT2D eigenvalue weighted by Crippen LogP contribution is -2.50. The summed E-state index contributed by atoms with van der Waals surface area (Å²) in [5, 5.41) is 8.68. The second-order valence-corrected chi connectivity index (χ2v) is 3.74. The van der Waals surface area contributed by atoms with Gasteiger partial charge < -0.3 is 10.0 Å². The summed E-state index contributed by atoms with van der Waals surface area (Å²) in [4.78, 5) is 14.4. The molecule has 0 saturated carbocycles. The Morgan fingerprint density at radius 3 is 2.19 bits per heavy atom. The van der Waals surface area contributed by atoms with Crippen LogP contribution in [-0.4, -0.2) is 66.3 Å². The number of carbonyl (C=O) groups is 1.